The predicted octanol–water partition coefficient (Wildman–Crippen LogP) is 7.11. The topological polar surface area (TPSA) is 96.0 Å². The smallest absolute Gasteiger partial charge is 0.244 e. The van der Waals surface area contributed by atoms with Gasteiger partial charge in [-0.25, -0.2) is 8.42 Å². The van der Waals surface area contributed by atoms with Crippen molar-refractivity contribution in [2.24, 2.45) is 0 Å². The van der Waals surface area contributed by atoms with Gasteiger partial charge in [-0.05, 0) is 80.4 Å². The van der Waals surface area contributed by atoms with Gasteiger partial charge in [0.1, 0.15) is 24.1 Å². The summed E-state index contributed by atoms with van der Waals surface area (Å²) in [4.78, 5) is 29.6. The SMILES string of the molecule is CC(C)(C)NC(=O)[C@@H](Cc1ccccc1)N(Cc1ccc(Cl)cc1Cl)C(=O)CN(c1ccc(Oc2ccccc2)cc1)S(C)(=O)=O. The summed E-state index contributed by atoms with van der Waals surface area (Å²) < 4.78 is 33.1. The molecule has 0 aliphatic rings. The van der Waals surface area contributed by atoms with E-state index < -0.39 is 34.1 Å². The average molecular weight is 683 g/mol. The maximum atomic E-state index is 14.3. The summed E-state index contributed by atoms with van der Waals surface area (Å²) in [7, 11) is -3.94. The standard InChI is InChI=1S/C35H37Cl2N3O5S/c1-35(2,3)38-34(42)32(21-25-11-7-5-8-12-25)39(23-26-15-16-27(36)22-31(26)37)33(41)24-40(46(4,43)44)28-17-19-30(20-18-28)45-29-13-9-6-10-14-29/h5-20,22,32H,21,23-24H2,1-4H3,(H,38,42)/t32-/m1/s1. The molecule has 4 aromatic carbocycles. The summed E-state index contributed by atoms with van der Waals surface area (Å²) in [6.45, 7) is 4.93. The maximum Gasteiger partial charge on any atom is 0.244 e. The minimum absolute atomic E-state index is 0.0641. The van der Waals surface area contributed by atoms with Crippen LogP contribution in [0.1, 0.15) is 31.9 Å². The fourth-order valence-electron chi connectivity index (χ4n) is 4.76. The van der Waals surface area contributed by atoms with Gasteiger partial charge in [0.05, 0.1) is 11.9 Å². The zero-order valence-electron chi connectivity index (χ0n) is 26.1. The van der Waals surface area contributed by atoms with Crippen molar-refractivity contribution in [3.63, 3.8) is 0 Å². The highest BCUT2D eigenvalue weighted by Gasteiger charge is 2.34. The Kier molecular flexibility index (Phi) is 11.4. The Morgan fingerprint density at radius 1 is 0.848 bits per heavy atom. The average Bonchev–Trinajstić information content (AvgIpc) is 2.98. The van der Waals surface area contributed by atoms with E-state index in [1.54, 1.807) is 54.6 Å². The molecule has 242 valence electrons. The van der Waals surface area contributed by atoms with E-state index in [9.17, 15) is 18.0 Å². The summed E-state index contributed by atoms with van der Waals surface area (Å²) in [6, 6.07) is 28.8. The molecule has 4 aromatic rings. The first-order chi connectivity index (χ1) is 21.7. The van der Waals surface area contributed by atoms with Crippen LogP contribution in [0.3, 0.4) is 0 Å². The lowest BCUT2D eigenvalue weighted by atomic mass is 10.0. The Balaban J connectivity index is 1.71. The number of ether oxygens (including phenoxy) is 1. The molecule has 4 rings (SSSR count). The number of carbonyl (C=O) groups is 2. The first-order valence-electron chi connectivity index (χ1n) is 14.6. The highest BCUT2D eigenvalue weighted by atomic mass is 35.5. The molecule has 8 nitrogen and oxygen atoms in total. The van der Waals surface area contributed by atoms with Crippen LogP contribution in [0.25, 0.3) is 0 Å². The zero-order valence-corrected chi connectivity index (χ0v) is 28.4. The Morgan fingerprint density at radius 3 is 2.00 bits per heavy atom. The second-order valence-corrected chi connectivity index (χ2v) is 14.6. The Labute approximate surface area is 280 Å². The van der Waals surface area contributed by atoms with Crippen molar-refractivity contribution in [2.75, 3.05) is 17.1 Å². The molecule has 2 amide bonds. The number of para-hydroxylation sites is 1. The Hall–Kier alpha value is -4.05. The van der Waals surface area contributed by atoms with Crippen molar-refractivity contribution in [3.8, 4) is 11.5 Å². The first-order valence-corrected chi connectivity index (χ1v) is 17.2. The van der Waals surface area contributed by atoms with E-state index in [1.807, 2.05) is 69.3 Å². The van der Waals surface area contributed by atoms with Crippen LogP contribution < -0.4 is 14.4 Å². The first kappa shape index (κ1) is 34.8. The molecular weight excluding hydrogens is 645 g/mol. The third kappa shape index (κ3) is 9.97. The van der Waals surface area contributed by atoms with Crippen LogP contribution in [0.5, 0.6) is 11.5 Å². The molecule has 0 heterocycles. The third-order valence-corrected chi connectivity index (χ3v) is 8.64. The van der Waals surface area contributed by atoms with E-state index in [2.05, 4.69) is 5.32 Å². The van der Waals surface area contributed by atoms with Crippen molar-refractivity contribution >= 4 is 50.7 Å². The third-order valence-electron chi connectivity index (χ3n) is 6.91. The number of nitrogens with zero attached hydrogens (tertiary/aromatic N) is 2. The molecule has 0 aliphatic carbocycles. The van der Waals surface area contributed by atoms with Gasteiger partial charge in [-0.15, -0.1) is 0 Å². The van der Waals surface area contributed by atoms with Crippen molar-refractivity contribution in [1.29, 1.82) is 0 Å². The van der Waals surface area contributed by atoms with Crippen molar-refractivity contribution in [1.82, 2.24) is 10.2 Å². The number of halogens is 2. The number of nitrogens with one attached hydrogen (secondary N) is 1. The van der Waals surface area contributed by atoms with Crippen LogP contribution in [0.2, 0.25) is 10.0 Å². The van der Waals surface area contributed by atoms with Crippen LogP contribution in [-0.2, 0) is 32.6 Å². The van der Waals surface area contributed by atoms with E-state index in [4.69, 9.17) is 27.9 Å². The normalized spacial score (nSPS) is 12.2. The molecule has 1 N–H and O–H groups in total. The zero-order chi connectivity index (χ0) is 33.5. The number of amides is 2. The van der Waals surface area contributed by atoms with Crippen LogP contribution in [0.15, 0.2) is 103 Å². The quantitative estimate of drug-likeness (QED) is 0.172. The Morgan fingerprint density at radius 2 is 1.43 bits per heavy atom. The van der Waals surface area contributed by atoms with E-state index in [0.29, 0.717) is 27.1 Å². The number of hydrogen-bond donors (Lipinski definition) is 1. The van der Waals surface area contributed by atoms with Gasteiger partial charge in [0.15, 0.2) is 0 Å². The molecule has 0 radical (unpaired) electrons. The second kappa shape index (κ2) is 15.0. The van der Waals surface area contributed by atoms with Crippen LogP contribution >= 0.6 is 23.2 Å². The number of rotatable bonds is 12. The maximum absolute atomic E-state index is 14.3. The van der Waals surface area contributed by atoms with Crippen LogP contribution in [0.4, 0.5) is 5.69 Å². The van der Waals surface area contributed by atoms with Crippen molar-refractivity contribution in [3.05, 3.63) is 124 Å². The monoisotopic (exact) mass is 681 g/mol. The van der Waals surface area contributed by atoms with E-state index in [1.165, 1.54) is 4.90 Å². The molecular formula is C35H37Cl2N3O5S. The van der Waals surface area contributed by atoms with E-state index in [0.717, 1.165) is 16.1 Å². The summed E-state index contributed by atoms with van der Waals surface area (Å²) in [5, 5.41) is 3.72. The lowest BCUT2D eigenvalue weighted by Crippen LogP contribution is -2.56. The largest absolute Gasteiger partial charge is 0.457 e. The number of hydrogen-bond acceptors (Lipinski definition) is 5. The summed E-state index contributed by atoms with van der Waals surface area (Å²) in [5.74, 6) is 0.143. The number of anilines is 1. The highest BCUT2D eigenvalue weighted by molar-refractivity contribution is 7.92. The minimum Gasteiger partial charge on any atom is -0.457 e. The van der Waals surface area contributed by atoms with Gasteiger partial charge in [-0.2, -0.15) is 0 Å². The molecule has 0 bridgehead atoms. The van der Waals surface area contributed by atoms with Crippen LogP contribution in [0, 0.1) is 0 Å². The molecule has 0 fully saturated rings. The van der Waals surface area contributed by atoms with Gasteiger partial charge in [0.2, 0.25) is 21.8 Å². The van der Waals surface area contributed by atoms with Gasteiger partial charge < -0.3 is 15.0 Å². The van der Waals surface area contributed by atoms with Gasteiger partial charge in [0, 0.05) is 28.5 Å². The van der Waals surface area contributed by atoms with Gasteiger partial charge in [-0.3, -0.25) is 13.9 Å². The summed E-state index contributed by atoms with van der Waals surface area (Å²) >= 11 is 12.7. The highest BCUT2D eigenvalue weighted by Crippen LogP contribution is 2.28. The fraction of sp³-hybridized carbons (Fsp3) is 0.257. The molecule has 46 heavy (non-hydrogen) atoms. The minimum atomic E-state index is -3.94. The molecule has 0 aromatic heterocycles. The number of benzene rings is 4. The summed E-state index contributed by atoms with van der Waals surface area (Å²) in [6.07, 6.45) is 1.22. The molecule has 0 spiro atoms. The number of carbonyl (C=O) groups excluding carboxylic acids is 2. The Bertz CT molecular complexity index is 1750. The van der Waals surface area contributed by atoms with Gasteiger partial charge >= 0.3 is 0 Å². The second-order valence-electron chi connectivity index (χ2n) is 11.9. The van der Waals surface area contributed by atoms with Gasteiger partial charge in [-0.1, -0.05) is 77.8 Å². The fourth-order valence-corrected chi connectivity index (χ4v) is 6.08. The van der Waals surface area contributed by atoms with Crippen LogP contribution in [-0.4, -0.2) is 49.5 Å². The van der Waals surface area contributed by atoms with Crippen molar-refractivity contribution < 1.29 is 22.7 Å². The molecule has 0 saturated heterocycles. The lowest BCUT2D eigenvalue weighted by molar-refractivity contribution is -0.140. The molecule has 1 atom stereocenters. The molecule has 0 unspecified atom stereocenters. The lowest BCUT2D eigenvalue weighted by Gasteiger charge is -2.35. The predicted molar refractivity (Wildman–Crippen MR) is 184 cm³/mol. The molecule has 0 saturated carbocycles. The summed E-state index contributed by atoms with van der Waals surface area (Å²) in [5.41, 5.74) is 1.04. The number of sulfonamides is 1. The van der Waals surface area contributed by atoms with Crippen molar-refractivity contribution in [2.45, 2.75) is 45.3 Å². The van der Waals surface area contributed by atoms with Gasteiger partial charge in [0.25, 0.3) is 0 Å². The van der Waals surface area contributed by atoms with E-state index >= 15 is 0 Å². The molecule has 0 aliphatic heterocycles. The molecule has 11 heteroatoms. The van der Waals surface area contributed by atoms with E-state index in [-0.39, 0.29) is 24.6 Å².